The lowest BCUT2D eigenvalue weighted by atomic mass is 10.1. The summed E-state index contributed by atoms with van der Waals surface area (Å²) in [5, 5.41) is 6.97. The first-order valence-electron chi connectivity index (χ1n) is 7.46. The van der Waals surface area contributed by atoms with Gasteiger partial charge in [-0.25, -0.2) is 4.39 Å². The third-order valence-electron chi connectivity index (χ3n) is 3.73. The maximum Gasteiger partial charge on any atom is 0.274 e. The molecule has 0 aliphatic heterocycles. The van der Waals surface area contributed by atoms with Crippen molar-refractivity contribution in [2.75, 3.05) is 7.05 Å². The summed E-state index contributed by atoms with van der Waals surface area (Å²) in [5.74, 6) is -0.0438. The minimum atomic E-state index is -0.362. The minimum absolute atomic E-state index is 0.220. The van der Waals surface area contributed by atoms with Crippen molar-refractivity contribution in [1.82, 2.24) is 15.1 Å². The van der Waals surface area contributed by atoms with Gasteiger partial charge in [0.2, 0.25) is 0 Å². The van der Waals surface area contributed by atoms with E-state index in [0.717, 1.165) is 12.1 Å². The molecule has 118 valence electrons. The molecule has 0 saturated heterocycles. The molecule has 0 radical (unpaired) electrons. The largest absolute Gasteiger partial charge is 0.333 e. The first kappa shape index (κ1) is 16.2. The standard InChI is InChI=1S/C17H22FN3O/c1-11(2)9-13-10-16(20-19-13)17(22)21(4)12(3)14-7-5-6-8-15(14)18/h5-8,10-12H,9H2,1-4H3,(H,19,20). The van der Waals surface area contributed by atoms with Crippen LogP contribution in [0.4, 0.5) is 4.39 Å². The van der Waals surface area contributed by atoms with Crippen LogP contribution in [0.1, 0.15) is 48.6 Å². The molecule has 0 fully saturated rings. The highest BCUT2D eigenvalue weighted by Crippen LogP contribution is 2.23. The highest BCUT2D eigenvalue weighted by molar-refractivity contribution is 5.92. The van der Waals surface area contributed by atoms with Crippen LogP contribution in [0.15, 0.2) is 30.3 Å². The van der Waals surface area contributed by atoms with E-state index in [2.05, 4.69) is 24.0 Å². The zero-order chi connectivity index (χ0) is 16.3. The number of carbonyl (C=O) groups excluding carboxylic acids is 1. The van der Waals surface area contributed by atoms with Gasteiger partial charge in [-0.1, -0.05) is 32.0 Å². The van der Waals surface area contributed by atoms with Gasteiger partial charge in [-0.2, -0.15) is 5.10 Å². The Kier molecular flexibility index (Phi) is 4.96. The molecule has 1 aromatic carbocycles. The second-order valence-electron chi connectivity index (χ2n) is 5.99. The van der Waals surface area contributed by atoms with E-state index in [9.17, 15) is 9.18 Å². The number of amides is 1. The fourth-order valence-electron chi connectivity index (χ4n) is 2.39. The zero-order valence-electron chi connectivity index (χ0n) is 13.4. The summed E-state index contributed by atoms with van der Waals surface area (Å²) in [6.45, 7) is 6.02. The van der Waals surface area contributed by atoms with Crippen molar-refractivity contribution in [3.8, 4) is 0 Å². The Morgan fingerprint density at radius 3 is 2.64 bits per heavy atom. The van der Waals surface area contributed by atoms with Crippen molar-refractivity contribution in [3.63, 3.8) is 0 Å². The van der Waals surface area contributed by atoms with Gasteiger partial charge in [-0.3, -0.25) is 9.89 Å². The first-order chi connectivity index (χ1) is 10.4. The van der Waals surface area contributed by atoms with Gasteiger partial charge in [0.05, 0.1) is 6.04 Å². The summed E-state index contributed by atoms with van der Waals surface area (Å²) in [6, 6.07) is 7.91. The Balaban J connectivity index is 2.15. The van der Waals surface area contributed by atoms with Gasteiger partial charge >= 0.3 is 0 Å². The summed E-state index contributed by atoms with van der Waals surface area (Å²) >= 11 is 0. The Morgan fingerprint density at radius 2 is 2.00 bits per heavy atom. The molecule has 5 heteroatoms. The number of nitrogens with one attached hydrogen (secondary N) is 1. The van der Waals surface area contributed by atoms with Gasteiger partial charge in [0, 0.05) is 18.3 Å². The lowest BCUT2D eigenvalue weighted by Crippen LogP contribution is -2.30. The summed E-state index contributed by atoms with van der Waals surface area (Å²) in [4.78, 5) is 14.0. The summed E-state index contributed by atoms with van der Waals surface area (Å²) < 4.78 is 13.9. The van der Waals surface area contributed by atoms with Crippen LogP contribution in [-0.4, -0.2) is 28.1 Å². The molecule has 0 aliphatic carbocycles. The van der Waals surface area contributed by atoms with Crippen LogP contribution in [0.3, 0.4) is 0 Å². The number of carbonyl (C=O) groups is 1. The van der Waals surface area contributed by atoms with Gasteiger partial charge in [0.15, 0.2) is 0 Å². The van der Waals surface area contributed by atoms with E-state index in [0.29, 0.717) is 17.2 Å². The quantitative estimate of drug-likeness (QED) is 0.918. The number of aromatic nitrogens is 2. The molecular formula is C17H22FN3O. The van der Waals surface area contributed by atoms with Gasteiger partial charge in [-0.05, 0) is 31.4 Å². The number of hydrogen-bond donors (Lipinski definition) is 1. The molecule has 1 aromatic heterocycles. The van der Waals surface area contributed by atoms with Gasteiger partial charge in [-0.15, -0.1) is 0 Å². The maximum atomic E-state index is 13.9. The van der Waals surface area contributed by atoms with Crippen LogP contribution in [0.25, 0.3) is 0 Å². The Morgan fingerprint density at radius 1 is 1.32 bits per heavy atom. The predicted molar refractivity (Wildman–Crippen MR) is 84.0 cm³/mol. The number of hydrogen-bond acceptors (Lipinski definition) is 2. The molecule has 0 saturated carbocycles. The fraction of sp³-hybridized carbons (Fsp3) is 0.412. The normalized spacial score (nSPS) is 12.5. The molecule has 4 nitrogen and oxygen atoms in total. The maximum absolute atomic E-state index is 13.9. The molecule has 1 amide bonds. The van der Waals surface area contributed by atoms with E-state index in [1.54, 1.807) is 38.2 Å². The average molecular weight is 303 g/mol. The molecule has 2 rings (SSSR count). The van der Waals surface area contributed by atoms with E-state index in [1.165, 1.54) is 11.0 Å². The Bertz CT molecular complexity index is 651. The summed E-state index contributed by atoms with van der Waals surface area (Å²) in [7, 11) is 1.66. The second-order valence-corrected chi connectivity index (χ2v) is 5.99. The smallest absolute Gasteiger partial charge is 0.274 e. The van der Waals surface area contributed by atoms with Gasteiger partial charge in [0.1, 0.15) is 11.5 Å². The molecule has 0 aliphatic rings. The van der Waals surface area contributed by atoms with Crippen LogP contribution < -0.4 is 0 Å². The van der Waals surface area contributed by atoms with Crippen molar-refractivity contribution in [2.24, 2.45) is 5.92 Å². The Labute approximate surface area is 130 Å². The van der Waals surface area contributed by atoms with E-state index in [4.69, 9.17) is 0 Å². The molecule has 1 heterocycles. The van der Waals surface area contributed by atoms with Crippen molar-refractivity contribution in [1.29, 1.82) is 0 Å². The fourth-order valence-corrected chi connectivity index (χ4v) is 2.39. The van der Waals surface area contributed by atoms with Gasteiger partial charge in [0.25, 0.3) is 5.91 Å². The topological polar surface area (TPSA) is 49.0 Å². The monoisotopic (exact) mass is 303 g/mol. The Hall–Kier alpha value is -2.17. The summed E-state index contributed by atoms with van der Waals surface area (Å²) in [5.41, 5.74) is 1.79. The van der Waals surface area contributed by atoms with Crippen molar-refractivity contribution < 1.29 is 9.18 Å². The molecule has 2 aromatic rings. The number of halogens is 1. The zero-order valence-corrected chi connectivity index (χ0v) is 13.4. The van der Waals surface area contributed by atoms with Crippen molar-refractivity contribution in [3.05, 3.63) is 53.1 Å². The number of nitrogens with zero attached hydrogens (tertiary/aromatic N) is 2. The van der Waals surface area contributed by atoms with Crippen LogP contribution >= 0.6 is 0 Å². The van der Waals surface area contributed by atoms with E-state index < -0.39 is 0 Å². The van der Waals surface area contributed by atoms with Crippen LogP contribution in [0, 0.1) is 11.7 Å². The van der Waals surface area contributed by atoms with Gasteiger partial charge < -0.3 is 4.90 Å². The molecular weight excluding hydrogens is 281 g/mol. The lowest BCUT2D eigenvalue weighted by molar-refractivity contribution is 0.0734. The average Bonchev–Trinajstić information content (AvgIpc) is 2.93. The first-order valence-corrected chi connectivity index (χ1v) is 7.46. The predicted octanol–water partition coefficient (Wildman–Crippen LogP) is 3.58. The highest BCUT2D eigenvalue weighted by atomic mass is 19.1. The highest BCUT2D eigenvalue weighted by Gasteiger charge is 2.23. The van der Waals surface area contributed by atoms with Crippen LogP contribution in [0.2, 0.25) is 0 Å². The number of benzene rings is 1. The SMILES string of the molecule is CC(C)Cc1cc(C(=O)N(C)C(C)c2ccccc2F)n[nH]1. The van der Waals surface area contributed by atoms with E-state index in [-0.39, 0.29) is 17.8 Å². The van der Waals surface area contributed by atoms with Crippen molar-refractivity contribution in [2.45, 2.75) is 33.2 Å². The van der Waals surface area contributed by atoms with Crippen LogP contribution in [-0.2, 0) is 6.42 Å². The molecule has 1 atom stereocenters. The number of H-pyrrole nitrogens is 1. The molecule has 1 unspecified atom stereocenters. The number of rotatable bonds is 5. The minimum Gasteiger partial charge on any atom is -0.333 e. The molecule has 1 N–H and O–H groups in total. The third-order valence-corrected chi connectivity index (χ3v) is 3.73. The molecule has 22 heavy (non-hydrogen) atoms. The van der Waals surface area contributed by atoms with Crippen molar-refractivity contribution >= 4 is 5.91 Å². The van der Waals surface area contributed by atoms with E-state index >= 15 is 0 Å². The molecule has 0 bridgehead atoms. The lowest BCUT2D eigenvalue weighted by Gasteiger charge is -2.24. The van der Waals surface area contributed by atoms with E-state index in [1.807, 2.05) is 0 Å². The number of aromatic amines is 1. The molecule has 0 spiro atoms. The van der Waals surface area contributed by atoms with Crippen LogP contribution in [0.5, 0.6) is 0 Å². The summed E-state index contributed by atoms with van der Waals surface area (Å²) in [6.07, 6.45) is 0.840. The second kappa shape index (κ2) is 6.73. The third kappa shape index (κ3) is 3.53.